The minimum absolute atomic E-state index is 0.140. The number of esters is 1. The Kier molecular flexibility index (Phi) is 5.27. The molecule has 1 N–H and O–H groups in total. The van der Waals surface area contributed by atoms with E-state index in [9.17, 15) is 9.59 Å². The Balaban J connectivity index is 3.12. The lowest BCUT2D eigenvalue weighted by Crippen LogP contribution is -2.14. The van der Waals surface area contributed by atoms with Crippen molar-refractivity contribution in [1.29, 1.82) is 0 Å². The molecule has 0 saturated carbocycles. The van der Waals surface area contributed by atoms with Crippen LogP contribution in [-0.4, -0.2) is 29.9 Å². The van der Waals surface area contributed by atoms with Gasteiger partial charge in [-0.3, -0.25) is 4.79 Å². The molecule has 0 aliphatic heterocycles. The fourth-order valence-corrected chi connectivity index (χ4v) is 2.25. The molecule has 0 fully saturated rings. The summed E-state index contributed by atoms with van der Waals surface area (Å²) < 4.78 is 4.94. The minimum Gasteiger partial charge on any atom is -0.462 e. The smallest absolute Gasteiger partial charge is 0.350 e. The number of nitrogens with one attached hydrogen (secondary N) is 1. The number of hydrogen-bond donors (Lipinski definition) is 1. The Morgan fingerprint density at radius 2 is 2.06 bits per heavy atom. The van der Waals surface area contributed by atoms with E-state index in [1.807, 2.05) is 6.92 Å². The van der Waals surface area contributed by atoms with Crippen LogP contribution in [0, 0.1) is 5.92 Å². The van der Waals surface area contributed by atoms with E-state index in [-0.39, 0.29) is 28.9 Å². The summed E-state index contributed by atoms with van der Waals surface area (Å²) in [4.78, 5) is 28.2. The molecule has 0 amide bonds. The van der Waals surface area contributed by atoms with Crippen molar-refractivity contribution in [2.24, 2.45) is 5.92 Å². The monoisotopic (exact) mass is 270 g/mol. The number of nitrogens with zero attached hydrogens (tertiary/aromatic N) is 1. The molecule has 1 aromatic heterocycles. The lowest BCUT2D eigenvalue weighted by atomic mass is 10.1. The van der Waals surface area contributed by atoms with E-state index >= 15 is 0 Å². The Labute approximate surface area is 111 Å². The first-order chi connectivity index (χ1) is 8.51. The molecular formula is C12H18N2O3S. The summed E-state index contributed by atoms with van der Waals surface area (Å²) in [6, 6.07) is 0. The average Bonchev–Trinajstić information content (AvgIpc) is 2.72. The topological polar surface area (TPSA) is 68.3 Å². The van der Waals surface area contributed by atoms with Crippen LogP contribution in [0.4, 0.5) is 5.13 Å². The number of hydrogen-bond acceptors (Lipinski definition) is 6. The average molecular weight is 270 g/mol. The van der Waals surface area contributed by atoms with E-state index in [1.54, 1.807) is 20.8 Å². The summed E-state index contributed by atoms with van der Waals surface area (Å²) in [5.41, 5.74) is 0.212. The SMILES string of the molecule is CCNc1nc(C(=O)C(C)C)c(C(=O)OCC)s1. The first-order valence-corrected chi connectivity index (χ1v) is 6.78. The highest BCUT2D eigenvalue weighted by Gasteiger charge is 2.25. The van der Waals surface area contributed by atoms with Gasteiger partial charge in [0.1, 0.15) is 10.6 Å². The molecule has 6 heteroatoms. The van der Waals surface area contributed by atoms with Gasteiger partial charge in [-0.2, -0.15) is 0 Å². The zero-order valence-electron chi connectivity index (χ0n) is 11.1. The zero-order valence-corrected chi connectivity index (χ0v) is 11.9. The van der Waals surface area contributed by atoms with Gasteiger partial charge in [-0.1, -0.05) is 25.2 Å². The Morgan fingerprint density at radius 1 is 1.39 bits per heavy atom. The molecule has 0 aliphatic carbocycles. The number of ether oxygens (including phenoxy) is 1. The number of rotatable bonds is 6. The van der Waals surface area contributed by atoms with E-state index in [2.05, 4.69) is 10.3 Å². The predicted molar refractivity (Wildman–Crippen MR) is 71.4 cm³/mol. The van der Waals surface area contributed by atoms with Gasteiger partial charge in [0.15, 0.2) is 10.9 Å². The van der Waals surface area contributed by atoms with Gasteiger partial charge < -0.3 is 10.1 Å². The van der Waals surface area contributed by atoms with Crippen molar-refractivity contribution >= 4 is 28.2 Å². The van der Waals surface area contributed by atoms with E-state index in [4.69, 9.17) is 4.74 Å². The summed E-state index contributed by atoms with van der Waals surface area (Å²) in [7, 11) is 0. The van der Waals surface area contributed by atoms with Crippen LogP contribution < -0.4 is 5.32 Å². The second kappa shape index (κ2) is 6.49. The number of anilines is 1. The molecule has 1 heterocycles. The molecule has 0 bridgehead atoms. The summed E-state index contributed by atoms with van der Waals surface area (Å²) in [6.45, 7) is 8.18. The van der Waals surface area contributed by atoms with Gasteiger partial charge >= 0.3 is 5.97 Å². The summed E-state index contributed by atoms with van der Waals surface area (Å²) in [5.74, 6) is -0.823. The Bertz CT molecular complexity index is 441. The van der Waals surface area contributed by atoms with Gasteiger partial charge in [0.05, 0.1) is 6.61 Å². The molecule has 18 heavy (non-hydrogen) atoms. The van der Waals surface area contributed by atoms with Crippen LogP contribution in [-0.2, 0) is 4.74 Å². The summed E-state index contributed by atoms with van der Waals surface area (Å²) in [6.07, 6.45) is 0. The third-order valence-corrected chi connectivity index (χ3v) is 3.17. The first kappa shape index (κ1) is 14.6. The second-order valence-electron chi connectivity index (χ2n) is 3.97. The summed E-state index contributed by atoms with van der Waals surface area (Å²) in [5, 5.41) is 3.58. The van der Waals surface area contributed by atoms with E-state index in [0.717, 1.165) is 11.3 Å². The van der Waals surface area contributed by atoms with Crippen LogP contribution in [0.3, 0.4) is 0 Å². The van der Waals surface area contributed by atoms with Crippen molar-refractivity contribution in [3.05, 3.63) is 10.6 Å². The largest absolute Gasteiger partial charge is 0.462 e. The number of ketones is 1. The van der Waals surface area contributed by atoms with E-state index in [0.29, 0.717) is 11.7 Å². The molecule has 5 nitrogen and oxygen atoms in total. The zero-order chi connectivity index (χ0) is 13.7. The van der Waals surface area contributed by atoms with Gasteiger partial charge in [-0.15, -0.1) is 0 Å². The van der Waals surface area contributed by atoms with E-state index in [1.165, 1.54) is 0 Å². The third-order valence-electron chi connectivity index (χ3n) is 2.17. The highest BCUT2D eigenvalue weighted by Crippen LogP contribution is 2.25. The predicted octanol–water partition coefficient (Wildman–Crippen LogP) is 2.59. The third kappa shape index (κ3) is 3.29. The fourth-order valence-electron chi connectivity index (χ4n) is 1.32. The maximum Gasteiger partial charge on any atom is 0.350 e. The molecule has 0 aliphatic rings. The molecule has 0 radical (unpaired) electrons. The molecule has 1 aromatic rings. The van der Waals surface area contributed by atoms with Crippen molar-refractivity contribution in [1.82, 2.24) is 4.98 Å². The molecule has 1 rings (SSSR count). The Morgan fingerprint density at radius 3 is 2.56 bits per heavy atom. The molecule has 0 saturated heterocycles. The van der Waals surface area contributed by atoms with Crippen LogP contribution >= 0.6 is 11.3 Å². The highest BCUT2D eigenvalue weighted by molar-refractivity contribution is 7.17. The lowest BCUT2D eigenvalue weighted by molar-refractivity contribution is 0.0528. The van der Waals surface area contributed by atoms with Crippen LogP contribution in [0.2, 0.25) is 0 Å². The number of thiazole rings is 1. The standard InChI is InChI=1S/C12H18N2O3S/c1-5-13-12-14-8(9(15)7(3)4)10(18-12)11(16)17-6-2/h7H,5-6H2,1-4H3,(H,13,14). The van der Waals surface area contributed by atoms with Crippen molar-refractivity contribution in [3.63, 3.8) is 0 Å². The molecule has 0 aromatic carbocycles. The van der Waals surface area contributed by atoms with Crippen molar-refractivity contribution in [2.75, 3.05) is 18.5 Å². The normalized spacial score (nSPS) is 10.5. The first-order valence-electron chi connectivity index (χ1n) is 5.97. The number of carbonyl (C=O) groups is 2. The van der Waals surface area contributed by atoms with Gasteiger partial charge in [-0.25, -0.2) is 9.78 Å². The van der Waals surface area contributed by atoms with Gasteiger partial charge in [-0.05, 0) is 13.8 Å². The van der Waals surface area contributed by atoms with Crippen LogP contribution in [0.5, 0.6) is 0 Å². The molecule has 100 valence electrons. The summed E-state index contributed by atoms with van der Waals surface area (Å²) >= 11 is 1.16. The van der Waals surface area contributed by atoms with Gasteiger partial charge in [0.2, 0.25) is 0 Å². The number of carbonyl (C=O) groups excluding carboxylic acids is 2. The highest BCUT2D eigenvalue weighted by atomic mass is 32.1. The van der Waals surface area contributed by atoms with Crippen LogP contribution in [0.25, 0.3) is 0 Å². The molecular weight excluding hydrogens is 252 g/mol. The maximum absolute atomic E-state index is 12.0. The number of Topliss-reactive ketones (excluding diaryl/α,β-unsaturated/α-hetero) is 1. The van der Waals surface area contributed by atoms with Crippen molar-refractivity contribution in [3.8, 4) is 0 Å². The van der Waals surface area contributed by atoms with Gasteiger partial charge in [0, 0.05) is 12.5 Å². The van der Waals surface area contributed by atoms with Crippen molar-refractivity contribution in [2.45, 2.75) is 27.7 Å². The second-order valence-corrected chi connectivity index (χ2v) is 4.97. The Hall–Kier alpha value is -1.43. The van der Waals surface area contributed by atoms with E-state index < -0.39 is 5.97 Å². The maximum atomic E-state index is 12.0. The molecule has 0 atom stereocenters. The number of aromatic nitrogens is 1. The van der Waals surface area contributed by atoms with Crippen LogP contribution in [0.15, 0.2) is 0 Å². The minimum atomic E-state index is -0.483. The van der Waals surface area contributed by atoms with Crippen LogP contribution in [0.1, 0.15) is 47.9 Å². The molecule has 0 unspecified atom stereocenters. The quantitative estimate of drug-likeness (QED) is 0.635. The van der Waals surface area contributed by atoms with Gasteiger partial charge in [0.25, 0.3) is 0 Å². The fraction of sp³-hybridized carbons (Fsp3) is 0.583. The molecule has 0 spiro atoms. The van der Waals surface area contributed by atoms with Crippen molar-refractivity contribution < 1.29 is 14.3 Å². The lowest BCUT2D eigenvalue weighted by Gasteiger charge is -2.03.